The van der Waals surface area contributed by atoms with Crippen molar-refractivity contribution in [2.24, 2.45) is 0 Å². The molecule has 5 nitrogen and oxygen atoms in total. The van der Waals surface area contributed by atoms with E-state index in [4.69, 9.17) is 4.74 Å². The molecule has 0 unspecified atom stereocenters. The summed E-state index contributed by atoms with van der Waals surface area (Å²) in [5.74, 6) is -0.176. The van der Waals surface area contributed by atoms with Gasteiger partial charge in [0.1, 0.15) is 0 Å². The van der Waals surface area contributed by atoms with Crippen LogP contribution in [0.1, 0.15) is 23.0 Å². The van der Waals surface area contributed by atoms with Crippen LogP contribution in [0.5, 0.6) is 0 Å². The SMILES string of the molecule is CC(=O)c1ccc(C)n(CCN2CCOCC2)c1=O. The summed E-state index contributed by atoms with van der Waals surface area (Å²) in [4.78, 5) is 25.9. The fourth-order valence-electron chi connectivity index (χ4n) is 2.28. The van der Waals surface area contributed by atoms with Crippen LogP contribution in [-0.2, 0) is 11.3 Å². The summed E-state index contributed by atoms with van der Waals surface area (Å²) in [7, 11) is 0. The molecule has 0 saturated carbocycles. The third-order valence-corrected chi connectivity index (χ3v) is 3.52. The first-order valence-electron chi connectivity index (χ1n) is 6.61. The normalized spacial score (nSPS) is 16.5. The van der Waals surface area contributed by atoms with Gasteiger partial charge in [-0.05, 0) is 26.0 Å². The first-order valence-corrected chi connectivity index (χ1v) is 6.61. The summed E-state index contributed by atoms with van der Waals surface area (Å²) in [5, 5.41) is 0. The van der Waals surface area contributed by atoms with E-state index in [1.54, 1.807) is 10.6 Å². The third kappa shape index (κ3) is 3.30. The van der Waals surface area contributed by atoms with Crippen LogP contribution in [0.25, 0.3) is 0 Å². The summed E-state index contributed by atoms with van der Waals surface area (Å²) in [5.41, 5.74) is 0.983. The van der Waals surface area contributed by atoms with E-state index < -0.39 is 0 Å². The topological polar surface area (TPSA) is 51.5 Å². The predicted octanol–water partition coefficient (Wildman–Crippen LogP) is 0.692. The number of aryl methyl sites for hydroxylation is 1. The second-order valence-corrected chi connectivity index (χ2v) is 4.86. The van der Waals surface area contributed by atoms with E-state index in [2.05, 4.69) is 4.90 Å². The van der Waals surface area contributed by atoms with Crippen molar-refractivity contribution in [1.29, 1.82) is 0 Å². The highest BCUT2D eigenvalue weighted by Crippen LogP contribution is 2.02. The third-order valence-electron chi connectivity index (χ3n) is 3.52. The number of morpholine rings is 1. The van der Waals surface area contributed by atoms with Crippen LogP contribution in [0.2, 0.25) is 0 Å². The molecule has 1 aliphatic heterocycles. The van der Waals surface area contributed by atoms with Crippen molar-refractivity contribution in [3.8, 4) is 0 Å². The zero-order valence-electron chi connectivity index (χ0n) is 11.5. The summed E-state index contributed by atoms with van der Waals surface area (Å²) in [6.07, 6.45) is 0. The van der Waals surface area contributed by atoms with Crippen LogP contribution in [-0.4, -0.2) is 48.1 Å². The summed E-state index contributed by atoms with van der Waals surface area (Å²) in [6.45, 7) is 8.06. The van der Waals surface area contributed by atoms with Crippen LogP contribution in [0, 0.1) is 6.92 Å². The van der Waals surface area contributed by atoms with E-state index in [9.17, 15) is 9.59 Å². The summed E-state index contributed by atoms with van der Waals surface area (Å²) in [6, 6.07) is 3.45. The molecule has 0 spiro atoms. The smallest absolute Gasteiger partial charge is 0.261 e. The molecular formula is C14H20N2O3. The molecule has 0 amide bonds. The Hall–Kier alpha value is -1.46. The van der Waals surface area contributed by atoms with E-state index in [1.165, 1.54) is 6.92 Å². The molecule has 2 rings (SSSR count). The zero-order chi connectivity index (χ0) is 13.8. The minimum Gasteiger partial charge on any atom is -0.379 e. The highest BCUT2D eigenvalue weighted by Gasteiger charge is 2.13. The fraction of sp³-hybridized carbons (Fsp3) is 0.571. The maximum Gasteiger partial charge on any atom is 0.261 e. The average Bonchev–Trinajstić information content (AvgIpc) is 2.39. The average molecular weight is 264 g/mol. The number of rotatable bonds is 4. The van der Waals surface area contributed by atoms with E-state index >= 15 is 0 Å². The van der Waals surface area contributed by atoms with Crippen LogP contribution in [0.4, 0.5) is 0 Å². The molecule has 0 atom stereocenters. The van der Waals surface area contributed by atoms with Crippen LogP contribution >= 0.6 is 0 Å². The van der Waals surface area contributed by atoms with E-state index in [1.807, 2.05) is 13.0 Å². The highest BCUT2D eigenvalue weighted by atomic mass is 16.5. The van der Waals surface area contributed by atoms with E-state index in [0.717, 1.165) is 38.5 Å². The van der Waals surface area contributed by atoms with Crippen LogP contribution in [0.15, 0.2) is 16.9 Å². The van der Waals surface area contributed by atoms with Gasteiger partial charge in [0.15, 0.2) is 5.78 Å². The predicted molar refractivity (Wildman–Crippen MR) is 72.7 cm³/mol. The molecule has 104 valence electrons. The van der Waals surface area contributed by atoms with E-state index in [-0.39, 0.29) is 16.9 Å². The lowest BCUT2D eigenvalue weighted by Gasteiger charge is -2.27. The molecule has 0 aromatic carbocycles. The lowest BCUT2D eigenvalue weighted by Crippen LogP contribution is -2.40. The molecule has 2 heterocycles. The second kappa shape index (κ2) is 6.12. The van der Waals surface area contributed by atoms with Crippen LogP contribution < -0.4 is 5.56 Å². The van der Waals surface area contributed by atoms with Crippen LogP contribution in [0.3, 0.4) is 0 Å². The molecule has 0 radical (unpaired) electrons. The Morgan fingerprint density at radius 3 is 2.58 bits per heavy atom. The molecule has 1 aliphatic rings. The molecule has 19 heavy (non-hydrogen) atoms. The van der Waals surface area contributed by atoms with Crippen molar-refractivity contribution >= 4 is 5.78 Å². The first-order chi connectivity index (χ1) is 9.09. The molecule has 5 heteroatoms. The maximum absolute atomic E-state index is 12.2. The van der Waals surface area contributed by atoms with Crippen molar-refractivity contribution < 1.29 is 9.53 Å². The Bertz CT molecular complexity index is 516. The number of hydrogen-bond acceptors (Lipinski definition) is 4. The molecule has 0 N–H and O–H groups in total. The molecule has 1 aromatic heterocycles. The standard InChI is InChI=1S/C14H20N2O3/c1-11-3-4-13(12(2)17)14(18)16(11)6-5-15-7-9-19-10-8-15/h3-4H,5-10H2,1-2H3. The van der Waals surface area contributed by atoms with Gasteiger partial charge in [0.05, 0.1) is 18.8 Å². The number of pyridine rings is 1. The van der Waals surface area contributed by atoms with Gasteiger partial charge in [-0.1, -0.05) is 0 Å². The van der Waals surface area contributed by atoms with Gasteiger partial charge in [-0.3, -0.25) is 14.5 Å². The van der Waals surface area contributed by atoms with Gasteiger partial charge in [-0.25, -0.2) is 0 Å². The van der Waals surface area contributed by atoms with Crippen molar-refractivity contribution in [2.45, 2.75) is 20.4 Å². The minimum atomic E-state index is -0.180. The van der Waals surface area contributed by atoms with Gasteiger partial charge < -0.3 is 9.30 Å². The Balaban J connectivity index is 2.12. The van der Waals surface area contributed by atoms with Crippen molar-refractivity contribution in [1.82, 2.24) is 9.47 Å². The first kappa shape index (κ1) is 14.0. The largest absolute Gasteiger partial charge is 0.379 e. The number of Topliss-reactive ketones (excluding diaryl/α,β-unsaturated/α-hetero) is 1. The molecule has 0 bridgehead atoms. The number of carbonyl (C=O) groups excluding carboxylic acids is 1. The quantitative estimate of drug-likeness (QED) is 0.751. The van der Waals surface area contributed by atoms with Gasteiger partial charge in [0.25, 0.3) is 5.56 Å². The van der Waals surface area contributed by atoms with Gasteiger partial charge in [-0.2, -0.15) is 0 Å². The van der Waals surface area contributed by atoms with Gasteiger partial charge in [0, 0.05) is 31.9 Å². The Labute approximate surface area is 112 Å². The lowest BCUT2D eigenvalue weighted by molar-refractivity contribution is 0.0362. The van der Waals surface area contributed by atoms with Crippen molar-refractivity contribution in [2.75, 3.05) is 32.8 Å². The second-order valence-electron chi connectivity index (χ2n) is 4.86. The summed E-state index contributed by atoms with van der Waals surface area (Å²) < 4.78 is 6.98. The summed E-state index contributed by atoms with van der Waals surface area (Å²) >= 11 is 0. The minimum absolute atomic E-state index is 0.176. The van der Waals surface area contributed by atoms with Crippen molar-refractivity contribution in [3.63, 3.8) is 0 Å². The lowest BCUT2D eigenvalue weighted by atomic mass is 10.2. The highest BCUT2D eigenvalue weighted by molar-refractivity contribution is 5.93. The van der Waals surface area contributed by atoms with Gasteiger partial charge in [0.2, 0.25) is 0 Å². The number of carbonyl (C=O) groups is 1. The van der Waals surface area contributed by atoms with Crippen molar-refractivity contribution in [3.05, 3.63) is 33.7 Å². The van der Waals surface area contributed by atoms with E-state index in [0.29, 0.717) is 6.54 Å². The monoisotopic (exact) mass is 264 g/mol. The number of hydrogen-bond donors (Lipinski definition) is 0. The maximum atomic E-state index is 12.2. The Morgan fingerprint density at radius 2 is 1.95 bits per heavy atom. The number of ketones is 1. The Kier molecular flexibility index (Phi) is 4.50. The zero-order valence-corrected chi connectivity index (χ0v) is 11.5. The number of aromatic nitrogens is 1. The van der Waals surface area contributed by atoms with Gasteiger partial charge in [-0.15, -0.1) is 0 Å². The number of nitrogens with zero attached hydrogens (tertiary/aromatic N) is 2. The Morgan fingerprint density at radius 1 is 1.26 bits per heavy atom. The number of ether oxygens (including phenoxy) is 1. The fourth-order valence-corrected chi connectivity index (χ4v) is 2.28. The molecule has 1 saturated heterocycles. The molecule has 0 aliphatic carbocycles. The molecule has 1 aromatic rings. The molecular weight excluding hydrogens is 244 g/mol. The van der Waals surface area contributed by atoms with Gasteiger partial charge >= 0.3 is 0 Å². The molecule has 1 fully saturated rings.